The Morgan fingerprint density at radius 2 is 1.79 bits per heavy atom. The van der Waals surface area contributed by atoms with Crippen LogP contribution in [0.3, 0.4) is 0 Å². The van der Waals surface area contributed by atoms with E-state index in [0.717, 1.165) is 17.1 Å². The molecule has 0 bridgehead atoms. The van der Waals surface area contributed by atoms with Crippen molar-refractivity contribution in [1.29, 1.82) is 0 Å². The fraction of sp³-hybridized carbons (Fsp3) is 0.632. The van der Waals surface area contributed by atoms with Gasteiger partial charge in [0.1, 0.15) is 6.04 Å². The second-order valence-electron chi connectivity index (χ2n) is 6.61. The molecule has 1 unspecified atom stereocenters. The van der Waals surface area contributed by atoms with Crippen molar-refractivity contribution in [2.75, 3.05) is 39.8 Å². The Hall–Kier alpha value is -1.07. The molecule has 1 aromatic carbocycles. The van der Waals surface area contributed by atoms with Crippen molar-refractivity contribution in [3.05, 3.63) is 35.4 Å². The van der Waals surface area contributed by atoms with Crippen LogP contribution in [0, 0.1) is 0 Å². The Bertz CT molecular complexity index is 619. The first kappa shape index (κ1) is 25.0. The van der Waals surface area contributed by atoms with Crippen molar-refractivity contribution in [3.8, 4) is 0 Å². The zero-order chi connectivity index (χ0) is 19.9. The summed E-state index contributed by atoms with van der Waals surface area (Å²) in [5.74, 6) is 0.740. The lowest BCUT2D eigenvalue weighted by molar-refractivity contribution is -0.181. The smallest absolute Gasteiger partial charge is 0.380 e. The highest BCUT2D eigenvalue weighted by Crippen LogP contribution is 2.25. The maximum absolute atomic E-state index is 12.9. The predicted octanol–water partition coefficient (Wildman–Crippen LogP) is 3.48. The first-order valence-electron chi connectivity index (χ1n) is 9.26. The van der Waals surface area contributed by atoms with Gasteiger partial charge in [-0.3, -0.25) is 4.90 Å². The SMILES string of the molecule is CCNC(=NCc1ccccc1COC)N1CCN(C(C)C(F)(F)F)CC1.I. The van der Waals surface area contributed by atoms with E-state index in [1.165, 1.54) is 11.8 Å². The van der Waals surface area contributed by atoms with Crippen molar-refractivity contribution >= 4 is 29.9 Å². The monoisotopic (exact) mass is 514 g/mol. The lowest BCUT2D eigenvalue weighted by Gasteiger charge is -2.39. The second kappa shape index (κ2) is 11.8. The van der Waals surface area contributed by atoms with E-state index in [2.05, 4.69) is 5.32 Å². The molecule has 0 saturated carbocycles. The van der Waals surface area contributed by atoms with Gasteiger partial charge >= 0.3 is 6.18 Å². The van der Waals surface area contributed by atoms with Crippen LogP contribution in [-0.4, -0.2) is 67.8 Å². The number of hydrogen-bond donors (Lipinski definition) is 1. The average molecular weight is 514 g/mol. The van der Waals surface area contributed by atoms with Crippen LogP contribution < -0.4 is 5.32 Å². The minimum atomic E-state index is -4.19. The second-order valence-corrected chi connectivity index (χ2v) is 6.61. The number of aliphatic imine (C=N–C) groups is 1. The molecule has 1 fully saturated rings. The molecule has 1 aliphatic heterocycles. The zero-order valence-electron chi connectivity index (χ0n) is 16.6. The van der Waals surface area contributed by atoms with Crippen LogP contribution in [0.15, 0.2) is 29.3 Å². The molecule has 0 amide bonds. The third-order valence-corrected chi connectivity index (χ3v) is 4.79. The summed E-state index contributed by atoms with van der Waals surface area (Å²) in [6, 6.07) is 6.55. The molecule has 5 nitrogen and oxygen atoms in total. The van der Waals surface area contributed by atoms with Gasteiger partial charge in [0, 0.05) is 39.8 Å². The number of benzene rings is 1. The van der Waals surface area contributed by atoms with Crippen LogP contribution in [0.5, 0.6) is 0 Å². The Morgan fingerprint density at radius 3 is 2.32 bits per heavy atom. The van der Waals surface area contributed by atoms with Gasteiger partial charge in [-0.1, -0.05) is 24.3 Å². The third kappa shape index (κ3) is 7.07. The zero-order valence-corrected chi connectivity index (χ0v) is 19.0. The van der Waals surface area contributed by atoms with Gasteiger partial charge in [0.05, 0.1) is 13.2 Å². The van der Waals surface area contributed by atoms with E-state index in [4.69, 9.17) is 9.73 Å². The standard InChI is InChI=1S/C19H29F3N4O.HI/c1-4-23-18(24-13-16-7-5-6-8-17(16)14-27-3)26-11-9-25(10-12-26)15(2)19(20,21)22;/h5-8,15H,4,9-14H2,1-3H3,(H,23,24);1H. The summed E-state index contributed by atoms with van der Waals surface area (Å²) in [5.41, 5.74) is 2.17. The quantitative estimate of drug-likeness (QED) is 0.359. The van der Waals surface area contributed by atoms with Crippen LogP contribution in [0.2, 0.25) is 0 Å². The molecule has 160 valence electrons. The van der Waals surface area contributed by atoms with Crippen molar-refractivity contribution in [3.63, 3.8) is 0 Å². The van der Waals surface area contributed by atoms with Crippen molar-refractivity contribution in [2.45, 2.75) is 39.2 Å². The Kier molecular flexibility index (Phi) is 10.5. The van der Waals surface area contributed by atoms with Gasteiger partial charge in [0.2, 0.25) is 0 Å². The summed E-state index contributed by atoms with van der Waals surface area (Å²) in [6.45, 7) is 6.71. The molecule has 1 atom stereocenters. The summed E-state index contributed by atoms with van der Waals surface area (Å²) in [4.78, 5) is 8.21. The third-order valence-electron chi connectivity index (χ3n) is 4.79. The van der Waals surface area contributed by atoms with Gasteiger partial charge in [-0.2, -0.15) is 13.2 Å². The Morgan fingerprint density at radius 1 is 1.18 bits per heavy atom. The van der Waals surface area contributed by atoms with E-state index in [9.17, 15) is 13.2 Å². The number of alkyl halides is 3. The summed E-state index contributed by atoms with van der Waals surface area (Å²) in [6.07, 6.45) is -4.19. The van der Waals surface area contributed by atoms with E-state index in [-0.39, 0.29) is 24.0 Å². The lowest BCUT2D eigenvalue weighted by atomic mass is 10.1. The molecule has 0 radical (unpaired) electrons. The predicted molar refractivity (Wildman–Crippen MR) is 116 cm³/mol. The maximum atomic E-state index is 12.9. The molecule has 1 heterocycles. The molecule has 0 aromatic heterocycles. The Labute approximate surface area is 182 Å². The number of guanidine groups is 1. The molecule has 9 heteroatoms. The van der Waals surface area contributed by atoms with Crippen LogP contribution in [-0.2, 0) is 17.9 Å². The largest absolute Gasteiger partial charge is 0.403 e. The summed E-state index contributed by atoms with van der Waals surface area (Å²) >= 11 is 0. The highest BCUT2D eigenvalue weighted by Gasteiger charge is 2.41. The Balaban J connectivity index is 0.00000392. The molecule has 1 aromatic rings. The fourth-order valence-electron chi connectivity index (χ4n) is 3.12. The van der Waals surface area contributed by atoms with E-state index in [1.807, 2.05) is 36.1 Å². The average Bonchev–Trinajstić information content (AvgIpc) is 2.65. The normalized spacial score (nSPS) is 17.2. The van der Waals surface area contributed by atoms with Crippen molar-refractivity contribution in [2.24, 2.45) is 4.99 Å². The highest BCUT2D eigenvalue weighted by molar-refractivity contribution is 14.0. The number of hydrogen-bond acceptors (Lipinski definition) is 3. The maximum Gasteiger partial charge on any atom is 0.403 e. The van der Waals surface area contributed by atoms with E-state index < -0.39 is 12.2 Å². The minimum absolute atomic E-state index is 0. The minimum Gasteiger partial charge on any atom is -0.380 e. The number of rotatable bonds is 6. The van der Waals surface area contributed by atoms with Crippen LogP contribution >= 0.6 is 24.0 Å². The molecular formula is C19H30F3IN4O. The summed E-state index contributed by atoms with van der Waals surface area (Å²) in [7, 11) is 1.66. The van der Waals surface area contributed by atoms with Gasteiger partial charge in [0.25, 0.3) is 0 Å². The number of nitrogens with one attached hydrogen (secondary N) is 1. The van der Waals surface area contributed by atoms with E-state index in [0.29, 0.717) is 45.9 Å². The molecule has 1 saturated heterocycles. The number of methoxy groups -OCH3 is 1. The van der Waals surface area contributed by atoms with Gasteiger partial charge < -0.3 is 15.0 Å². The number of nitrogens with zero attached hydrogens (tertiary/aromatic N) is 3. The molecular weight excluding hydrogens is 484 g/mol. The number of ether oxygens (including phenoxy) is 1. The molecule has 0 aliphatic carbocycles. The highest BCUT2D eigenvalue weighted by atomic mass is 127. The number of halogens is 4. The van der Waals surface area contributed by atoms with Crippen LogP contribution in [0.25, 0.3) is 0 Å². The molecule has 1 aliphatic rings. The van der Waals surface area contributed by atoms with Gasteiger partial charge in [-0.15, -0.1) is 24.0 Å². The molecule has 28 heavy (non-hydrogen) atoms. The van der Waals surface area contributed by atoms with Gasteiger partial charge in [-0.05, 0) is 25.0 Å². The first-order chi connectivity index (χ1) is 12.9. The molecule has 2 rings (SSSR count). The lowest BCUT2D eigenvalue weighted by Crippen LogP contribution is -2.56. The summed E-state index contributed by atoms with van der Waals surface area (Å²) < 4.78 is 44.0. The summed E-state index contributed by atoms with van der Waals surface area (Å²) in [5, 5.41) is 3.25. The first-order valence-corrected chi connectivity index (χ1v) is 9.26. The van der Waals surface area contributed by atoms with Crippen molar-refractivity contribution < 1.29 is 17.9 Å². The van der Waals surface area contributed by atoms with E-state index in [1.54, 1.807) is 7.11 Å². The number of piperazine rings is 1. The van der Waals surface area contributed by atoms with Crippen LogP contribution in [0.4, 0.5) is 13.2 Å². The molecule has 1 N–H and O–H groups in total. The fourth-order valence-corrected chi connectivity index (χ4v) is 3.12. The van der Waals surface area contributed by atoms with Gasteiger partial charge in [-0.25, -0.2) is 4.99 Å². The van der Waals surface area contributed by atoms with Gasteiger partial charge in [0.15, 0.2) is 5.96 Å². The van der Waals surface area contributed by atoms with Crippen LogP contribution in [0.1, 0.15) is 25.0 Å². The van der Waals surface area contributed by atoms with Crippen molar-refractivity contribution in [1.82, 2.24) is 15.1 Å². The van der Waals surface area contributed by atoms with E-state index >= 15 is 0 Å². The molecule has 0 spiro atoms. The topological polar surface area (TPSA) is 40.1 Å².